The summed E-state index contributed by atoms with van der Waals surface area (Å²) in [5, 5.41) is 1.18. The molecule has 0 spiro atoms. The molecule has 5 rings (SSSR count). The van der Waals surface area contributed by atoms with Crippen molar-refractivity contribution in [1.29, 1.82) is 0 Å². The van der Waals surface area contributed by atoms with Crippen LogP contribution < -0.4 is 0 Å². The molecule has 0 saturated carbocycles. The van der Waals surface area contributed by atoms with Crippen molar-refractivity contribution in [2.24, 2.45) is 11.3 Å². The third-order valence-electron chi connectivity index (χ3n) is 7.70. The molecule has 3 aromatic rings. The Morgan fingerprint density at radius 3 is 2.71 bits per heavy atom. The predicted molar refractivity (Wildman–Crippen MR) is 132 cm³/mol. The fraction of sp³-hybridized carbons (Fsp3) is 0.448. The zero-order valence-electron chi connectivity index (χ0n) is 19.7. The topological polar surface area (TPSA) is 42.4 Å². The summed E-state index contributed by atoms with van der Waals surface area (Å²) in [6.07, 6.45) is 7.86. The van der Waals surface area contributed by atoms with E-state index in [1.807, 2.05) is 30.5 Å². The van der Waals surface area contributed by atoms with Gasteiger partial charge in [0.2, 0.25) is 5.91 Å². The fourth-order valence-electron chi connectivity index (χ4n) is 5.70. The summed E-state index contributed by atoms with van der Waals surface area (Å²) >= 11 is 0. The van der Waals surface area contributed by atoms with Gasteiger partial charge in [0.25, 0.3) is 0 Å². The summed E-state index contributed by atoms with van der Waals surface area (Å²) in [6, 6.07) is 17.3. The summed E-state index contributed by atoms with van der Waals surface area (Å²) < 4.78 is 20.1. The zero-order valence-corrected chi connectivity index (χ0v) is 19.7. The summed E-state index contributed by atoms with van der Waals surface area (Å²) in [5.41, 5.74) is 2.36. The number of ether oxygens (including phenoxy) is 1. The molecule has 1 aromatic heterocycles. The third kappa shape index (κ3) is 5.00. The number of carbonyl (C=O) groups is 1. The van der Waals surface area contributed by atoms with Gasteiger partial charge in [-0.25, -0.2) is 4.39 Å². The van der Waals surface area contributed by atoms with Crippen molar-refractivity contribution in [2.75, 3.05) is 26.3 Å². The molecule has 5 heteroatoms. The smallest absolute Gasteiger partial charge is 0.229 e. The largest absolute Gasteiger partial charge is 0.381 e. The summed E-state index contributed by atoms with van der Waals surface area (Å²) in [5.74, 6) is 0.506. The average molecular weight is 461 g/mol. The number of fused-ring (bicyclic) bond motifs is 1. The van der Waals surface area contributed by atoms with Crippen molar-refractivity contribution >= 4 is 16.8 Å². The van der Waals surface area contributed by atoms with Gasteiger partial charge in [-0.1, -0.05) is 36.4 Å². The molecule has 1 amide bonds. The van der Waals surface area contributed by atoms with E-state index in [2.05, 4.69) is 28.1 Å². The summed E-state index contributed by atoms with van der Waals surface area (Å²) in [6.45, 7) is 2.67. The number of halogens is 1. The monoisotopic (exact) mass is 460 g/mol. The molecule has 2 aromatic carbocycles. The minimum Gasteiger partial charge on any atom is -0.381 e. The number of pyridine rings is 1. The van der Waals surface area contributed by atoms with E-state index in [9.17, 15) is 9.18 Å². The predicted octanol–water partition coefficient (Wildman–Crippen LogP) is 5.58. The van der Waals surface area contributed by atoms with Gasteiger partial charge in [0.1, 0.15) is 5.82 Å². The molecule has 0 bridgehead atoms. The first-order chi connectivity index (χ1) is 16.6. The Bertz CT molecular complexity index is 1140. The maximum Gasteiger partial charge on any atom is 0.229 e. The quantitative estimate of drug-likeness (QED) is 0.499. The molecule has 1 atom stereocenters. The first-order valence-electron chi connectivity index (χ1n) is 12.6. The van der Waals surface area contributed by atoms with Gasteiger partial charge in [-0.15, -0.1) is 0 Å². The minimum absolute atomic E-state index is 0.187. The van der Waals surface area contributed by atoms with Crippen molar-refractivity contribution in [3.8, 4) is 0 Å². The van der Waals surface area contributed by atoms with E-state index in [1.54, 1.807) is 6.07 Å². The van der Waals surface area contributed by atoms with Crippen LogP contribution in [-0.4, -0.2) is 42.1 Å². The molecule has 2 saturated heterocycles. The SMILES string of the molecule is O=C(N1CCC[C@@H](Cc2cnc3ccccc3c2)CC1)C1(Cc2ccccc2F)CCOCC1. The summed E-state index contributed by atoms with van der Waals surface area (Å²) in [7, 11) is 0. The van der Waals surface area contributed by atoms with Crippen LogP contribution in [0.4, 0.5) is 4.39 Å². The lowest BCUT2D eigenvalue weighted by atomic mass is 9.74. The lowest BCUT2D eigenvalue weighted by Crippen LogP contribution is -2.48. The maximum absolute atomic E-state index is 14.5. The zero-order chi connectivity index (χ0) is 23.4. The van der Waals surface area contributed by atoms with E-state index >= 15 is 0 Å². The van der Waals surface area contributed by atoms with Gasteiger partial charge in [-0.3, -0.25) is 9.78 Å². The fourth-order valence-corrected chi connectivity index (χ4v) is 5.70. The van der Waals surface area contributed by atoms with Gasteiger partial charge >= 0.3 is 0 Å². The number of likely N-dealkylation sites (tertiary alicyclic amines) is 1. The molecule has 3 heterocycles. The van der Waals surface area contributed by atoms with Gasteiger partial charge < -0.3 is 9.64 Å². The van der Waals surface area contributed by atoms with Crippen molar-refractivity contribution in [3.05, 3.63) is 77.7 Å². The van der Waals surface area contributed by atoms with Crippen molar-refractivity contribution in [1.82, 2.24) is 9.88 Å². The van der Waals surface area contributed by atoms with E-state index in [1.165, 1.54) is 17.0 Å². The molecule has 0 aliphatic carbocycles. The van der Waals surface area contributed by atoms with Crippen molar-refractivity contribution in [2.45, 2.75) is 44.9 Å². The standard InChI is InChI=1S/C29H33FN2O2/c30-26-9-3-1-8-25(26)20-29(12-16-34-17-13-29)28(33)32-14-5-6-22(11-15-32)18-23-19-24-7-2-4-10-27(24)31-21-23/h1-4,7-10,19,21-22H,5-6,11-18,20H2/t22-/m1/s1. The van der Waals surface area contributed by atoms with Crippen LogP contribution in [0.5, 0.6) is 0 Å². The van der Waals surface area contributed by atoms with Crippen LogP contribution in [0.25, 0.3) is 10.9 Å². The summed E-state index contributed by atoms with van der Waals surface area (Å²) in [4.78, 5) is 20.6. The second-order valence-corrected chi connectivity index (χ2v) is 9.99. The van der Waals surface area contributed by atoms with Gasteiger partial charge in [0, 0.05) is 37.9 Å². The van der Waals surface area contributed by atoms with Gasteiger partial charge in [-0.2, -0.15) is 0 Å². The van der Waals surface area contributed by atoms with Gasteiger partial charge in [0.05, 0.1) is 10.9 Å². The molecule has 2 aliphatic rings. The Hall–Kier alpha value is -2.79. The molecule has 0 radical (unpaired) electrons. The van der Waals surface area contributed by atoms with E-state index in [0.29, 0.717) is 44.0 Å². The first kappa shape index (κ1) is 23.0. The van der Waals surface area contributed by atoms with Crippen molar-refractivity contribution < 1.29 is 13.9 Å². The highest BCUT2D eigenvalue weighted by molar-refractivity contribution is 5.83. The van der Waals surface area contributed by atoms with Crippen molar-refractivity contribution in [3.63, 3.8) is 0 Å². The third-order valence-corrected chi connectivity index (χ3v) is 7.70. The second-order valence-electron chi connectivity index (χ2n) is 9.99. The van der Waals surface area contributed by atoms with Crippen LogP contribution in [0.15, 0.2) is 60.8 Å². The van der Waals surface area contributed by atoms with Crippen LogP contribution >= 0.6 is 0 Å². The Morgan fingerprint density at radius 1 is 1.06 bits per heavy atom. The highest BCUT2D eigenvalue weighted by Gasteiger charge is 2.43. The Balaban J connectivity index is 1.27. The normalized spacial score (nSPS) is 20.7. The Kier molecular flexibility index (Phi) is 6.91. The number of hydrogen-bond donors (Lipinski definition) is 0. The Labute approximate surface area is 201 Å². The maximum atomic E-state index is 14.5. The molecule has 0 unspecified atom stereocenters. The van der Waals surface area contributed by atoms with Crippen LogP contribution in [0.1, 0.15) is 43.2 Å². The number of benzene rings is 2. The number of rotatable bonds is 5. The minimum atomic E-state index is -0.567. The number of carbonyl (C=O) groups excluding carboxylic acids is 1. The van der Waals surface area contributed by atoms with Crippen LogP contribution in [0.3, 0.4) is 0 Å². The van der Waals surface area contributed by atoms with Crippen LogP contribution in [0, 0.1) is 17.2 Å². The number of para-hydroxylation sites is 1. The highest BCUT2D eigenvalue weighted by Crippen LogP contribution is 2.38. The van der Waals surface area contributed by atoms with Gasteiger partial charge in [0.15, 0.2) is 0 Å². The lowest BCUT2D eigenvalue weighted by Gasteiger charge is -2.40. The molecule has 2 aliphatic heterocycles. The number of hydrogen-bond acceptors (Lipinski definition) is 3. The van der Waals surface area contributed by atoms with E-state index in [0.717, 1.165) is 44.3 Å². The number of aromatic nitrogens is 1. The number of amides is 1. The second kappa shape index (κ2) is 10.2. The van der Waals surface area contributed by atoms with Crippen LogP contribution in [-0.2, 0) is 22.4 Å². The van der Waals surface area contributed by atoms with E-state index < -0.39 is 5.41 Å². The molecule has 2 fully saturated rings. The number of nitrogens with zero attached hydrogens (tertiary/aromatic N) is 2. The van der Waals surface area contributed by atoms with Crippen LogP contribution in [0.2, 0.25) is 0 Å². The van der Waals surface area contributed by atoms with E-state index in [4.69, 9.17) is 4.74 Å². The molecule has 178 valence electrons. The molecular weight excluding hydrogens is 427 g/mol. The molecular formula is C29H33FN2O2. The Morgan fingerprint density at radius 2 is 1.85 bits per heavy atom. The molecule has 34 heavy (non-hydrogen) atoms. The average Bonchev–Trinajstić information content (AvgIpc) is 3.11. The lowest BCUT2D eigenvalue weighted by molar-refractivity contribution is -0.148. The van der Waals surface area contributed by atoms with E-state index in [-0.39, 0.29) is 11.7 Å². The molecule has 0 N–H and O–H groups in total. The molecule has 4 nitrogen and oxygen atoms in total. The van der Waals surface area contributed by atoms with Gasteiger partial charge in [-0.05, 0) is 80.2 Å². The highest BCUT2D eigenvalue weighted by atomic mass is 19.1. The first-order valence-corrected chi connectivity index (χ1v) is 12.6.